The second kappa shape index (κ2) is 15.0. The highest BCUT2D eigenvalue weighted by atomic mass is 16.6. The van der Waals surface area contributed by atoms with E-state index >= 15 is 0 Å². The van der Waals surface area contributed by atoms with Crippen LogP contribution in [0.2, 0.25) is 0 Å². The third kappa shape index (κ3) is 6.45. The van der Waals surface area contributed by atoms with Crippen LogP contribution in [-0.2, 0) is 19.1 Å². The van der Waals surface area contributed by atoms with Gasteiger partial charge in [-0.2, -0.15) is 0 Å². The first kappa shape index (κ1) is 41.2. The van der Waals surface area contributed by atoms with Gasteiger partial charge in [-0.15, -0.1) is 6.42 Å². The van der Waals surface area contributed by atoms with E-state index in [0.29, 0.717) is 19.3 Å². The van der Waals surface area contributed by atoms with E-state index in [1.165, 1.54) is 12.2 Å². The molecule has 5 aliphatic rings. The van der Waals surface area contributed by atoms with Crippen molar-refractivity contribution in [1.29, 1.82) is 0 Å². The maximum atomic E-state index is 13.5. The molecular formula is C49H60O8. The number of rotatable bonds is 8. The van der Waals surface area contributed by atoms with Crippen molar-refractivity contribution in [3.63, 3.8) is 0 Å². The summed E-state index contributed by atoms with van der Waals surface area (Å²) in [6.07, 6.45) is 15.0. The summed E-state index contributed by atoms with van der Waals surface area (Å²) >= 11 is 0. The Kier molecular flexibility index (Phi) is 10.8. The Morgan fingerprint density at radius 3 is 2.04 bits per heavy atom. The molecule has 12 atom stereocenters. The van der Waals surface area contributed by atoms with Crippen LogP contribution in [0.5, 0.6) is 0 Å². The summed E-state index contributed by atoms with van der Waals surface area (Å²) in [5.74, 6) is 1.82. The molecule has 0 saturated heterocycles. The van der Waals surface area contributed by atoms with Crippen molar-refractivity contribution in [3.8, 4) is 12.3 Å². The number of terminal acetylenes is 1. The third-order valence-electron chi connectivity index (χ3n) is 16.1. The average molecular weight is 777 g/mol. The van der Waals surface area contributed by atoms with Gasteiger partial charge in [0.2, 0.25) is 0 Å². The summed E-state index contributed by atoms with van der Waals surface area (Å²) in [5, 5.41) is 47.5. The molecule has 8 heteroatoms. The molecule has 0 aromatic heterocycles. The van der Waals surface area contributed by atoms with Gasteiger partial charge >= 0.3 is 11.9 Å². The van der Waals surface area contributed by atoms with Gasteiger partial charge in [0.1, 0.15) is 6.10 Å². The third-order valence-corrected chi connectivity index (χ3v) is 16.1. The molecule has 0 amide bonds. The van der Waals surface area contributed by atoms with Gasteiger partial charge in [-0.25, -0.2) is 9.59 Å². The van der Waals surface area contributed by atoms with Crippen LogP contribution in [-0.4, -0.2) is 70.0 Å². The quantitative estimate of drug-likeness (QED) is 0.0961. The Labute approximate surface area is 338 Å². The Hall–Kier alpha value is -4.00. The lowest BCUT2D eigenvalue weighted by Crippen LogP contribution is -2.72. The van der Waals surface area contributed by atoms with Crippen molar-refractivity contribution in [2.75, 3.05) is 13.2 Å². The molecule has 5 aliphatic carbocycles. The SMILES string of the molecule is C#C[C@@]12C[C@@H](O)[C@]3(CO)C(CC(C)(C)[C@@H](O)[C@@H]3OC(=O)/C=C/c3ccccc3)C1=CCC1[C@@]3(C)CC[C@H](O)[C@](C)(COC(=O)/C=C/c4ccccc4)C3CC[C@]12C. The topological polar surface area (TPSA) is 134 Å². The van der Waals surface area contributed by atoms with Gasteiger partial charge in [0.15, 0.2) is 0 Å². The van der Waals surface area contributed by atoms with Gasteiger partial charge in [-0.05, 0) is 102 Å². The van der Waals surface area contributed by atoms with Crippen molar-refractivity contribution >= 4 is 24.1 Å². The van der Waals surface area contributed by atoms with Gasteiger partial charge in [-0.1, -0.05) is 113 Å². The Morgan fingerprint density at radius 1 is 0.825 bits per heavy atom. The summed E-state index contributed by atoms with van der Waals surface area (Å²) in [4.78, 5) is 26.5. The lowest BCUT2D eigenvalue weighted by atomic mass is 9.32. The van der Waals surface area contributed by atoms with Crippen LogP contribution in [0.15, 0.2) is 84.5 Å². The second-order valence-electron chi connectivity index (χ2n) is 19.2. The fourth-order valence-electron chi connectivity index (χ4n) is 12.9. The molecule has 7 rings (SSSR count). The van der Waals surface area contributed by atoms with Gasteiger partial charge in [-0.3, -0.25) is 0 Å². The molecule has 3 unspecified atom stereocenters. The fraction of sp³-hybridized carbons (Fsp3) is 0.551. The molecule has 0 heterocycles. The molecule has 57 heavy (non-hydrogen) atoms. The van der Waals surface area contributed by atoms with E-state index in [1.54, 1.807) is 12.2 Å². The zero-order valence-corrected chi connectivity index (χ0v) is 34.1. The molecule has 0 aliphatic heterocycles. The Bertz CT molecular complexity index is 1960. The summed E-state index contributed by atoms with van der Waals surface area (Å²) in [5.41, 5.74) is -1.74. The van der Waals surface area contributed by atoms with E-state index in [-0.39, 0.29) is 30.3 Å². The highest BCUT2D eigenvalue weighted by molar-refractivity contribution is 5.87. The van der Waals surface area contributed by atoms with E-state index in [9.17, 15) is 30.0 Å². The van der Waals surface area contributed by atoms with E-state index in [0.717, 1.165) is 36.0 Å². The number of carbonyl (C=O) groups is 2. The van der Waals surface area contributed by atoms with Crippen LogP contribution in [0.4, 0.5) is 0 Å². The normalized spacial score (nSPS) is 40.8. The van der Waals surface area contributed by atoms with Gasteiger partial charge in [0.25, 0.3) is 0 Å². The zero-order chi connectivity index (χ0) is 41.0. The number of allylic oxidation sites excluding steroid dienone is 2. The van der Waals surface area contributed by atoms with Crippen molar-refractivity contribution in [2.45, 2.75) is 104 Å². The minimum atomic E-state index is -1.38. The molecule has 0 bridgehead atoms. The zero-order valence-electron chi connectivity index (χ0n) is 34.1. The molecule has 8 nitrogen and oxygen atoms in total. The summed E-state index contributed by atoms with van der Waals surface area (Å²) in [6.45, 7) is 10.1. The highest BCUT2D eigenvalue weighted by Gasteiger charge is 2.74. The molecule has 4 N–H and O–H groups in total. The van der Waals surface area contributed by atoms with Gasteiger partial charge < -0.3 is 29.9 Å². The Morgan fingerprint density at radius 2 is 1.44 bits per heavy atom. The summed E-state index contributed by atoms with van der Waals surface area (Å²) in [6, 6.07) is 18.9. The number of aliphatic hydroxyl groups excluding tert-OH is 4. The van der Waals surface area contributed by atoms with E-state index in [1.807, 2.05) is 74.5 Å². The van der Waals surface area contributed by atoms with Crippen molar-refractivity contribution in [1.82, 2.24) is 0 Å². The number of fused-ring (bicyclic) bond motifs is 7. The monoisotopic (exact) mass is 776 g/mol. The first-order chi connectivity index (χ1) is 27.0. The number of aliphatic hydroxyl groups is 4. The van der Waals surface area contributed by atoms with Crippen molar-refractivity contribution in [3.05, 3.63) is 95.6 Å². The van der Waals surface area contributed by atoms with Gasteiger partial charge in [0.05, 0.1) is 42.4 Å². The van der Waals surface area contributed by atoms with E-state index < -0.39 is 76.0 Å². The fourth-order valence-corrected chi connectivity index (χ4v) is 12.9. The van der Waals surface area contributed by atoms with Crippen LogP contribution >= 0.6 is 0 Å². The summed E-state index contributed by atoms with van der Waals surface area (Å²) < 4.78 is 12.0. The second-order valence-corrected chi connectivity index (χ2v) is 19.2. The number of esters is 2. The lowest BCUT2D eigenvalue weighted by molar-refractivity contribution is -0.258. The van der Waals surface area contributed by atoms with E-state index in [2.05, 4.69) is 32.8 Å². The number of hydrogen-bond donors (Lipinski definition) is 4. The van der Waals surface area contributed by atoms with Crippen LogP contribution < -0.4 is 0 Å². The first-order valence-corrected chi connectivity index (χ1v) is 20.7. The predicted molar refractivity (Wildman–Crippen MR) is 220 cm³/mol. The van der Waals surface area contributed by atoms with Crippen LogP contribution in [0, 0.1) is 62.6 Å². The van der Waals surface area contributed by atoms with Crippen molar-refractivity contribution in [2.24, 2.45) is 50.2 Å². The van der Waals surface area contributed by atoms with Crippen LogP contribution in [0.3, 0.4) is 0 Å². The molecule has 0 spiro atoms. The molecular weight excluding hydrogens is 717 g/mol. The van der Waals surface area contributed by atoms with E-state index in [4.69, 9.17) is 15.9 Å². The lowest BCUT2D eigenvalue weighted by Gasteiger charge is -2.72. The number of benzene rings is 2. The minimum absolute atomic E-state index is 0.0315. The minimum Gasteiger partial charge on any atom is -0.462 e. The molecule has 2 aromatic rings. The van der Waals surface area contributed by atoms with Crippen molar-refractivity contribution < 1.29 is 39.5 Å². The highest BCUT2D eigenvalue weighted by Crippen LogP contribution is 2.76. The van der Waals surface area contributed by atoms with Crippen LogP contribution in [0.1, 0.15) is 90.7 Å². The van der Waals surface area contributed by atoms with Gasteiger partial charge in [0, 0.05) is 17.6 Å². The molecule has 4 saturated carbocycles. The number of carbonyl (C=O) groups excluding carboxylic acids is 2. The largest absolute Gasteiger partial charge is 0.462 e. The summed E-state index contributed by atoms with van der Waals surface area (Å²) in [7, 11) is 0. The maximum absolute atomic E-state index is 13.5. The number of hydrogen-bond acceptors (Lipinski definition) is 8. The average Bonchev–Trinajstić information content (AvgIpc) is 3.19. The van der Waals surface area contributed by atoms with Crippen LogP contribution in [0.25, 0.3) is 12.2 Å². The maximum Gasteiger partial charge on any atom is 0.331 e. The standard InChI is InChI=1S/C49H60O8/c1-7-48-29-39(52)49(30-50)35(28-44(2,3)42(55)43(49)57-41(54)23-19-33-16-12-9-13-17-33)34(48)20-21-37-45(4)26-25-38(51)46(5,36(45)24-27-47(37,48)6)31-56-40(53)22-18-32-14-10-8-11-15-32/h1,8-20,22-23,35-39,42-43,50-52,55H,21,24-31H2,2-6H3/b22-18+,23-19+/t35?,36?,37?,38-,39+,42-,43-,45-,46+,47+,48+,49-/m0/s1. The molecule has 0 radical (unpaired) electrons. The molecule has 4 fully saturated rings. The smallest absolute Gasteiger partial charge is 0.331 e. The molecule has 304 valence electrons. The first-order valence-electron chi connectivity index (χ1n) is 20.7. The Balaban J connectivity index is 1.21. The molecule has 2 aromatic carbocycles. The number of ether oxygens (including phenoxy) is 2. The predicted octanol–water partition coefficient (Wildman–Crippen LogP) is 7.17.